The molecule has 0 saturated carbocycles. The Balaban J connectivity index is 0.882. The van der Waals surface area contributed by atoms with Gasteiger partial charge in [-0.05, 0) is 126 Å². The second kappa shape index (κ2) is 16.2. The summed E-state index contributed by atoms with van der Waals surface area (Å²) < 4.78 is 0. The number of anilines is 3. The quantitative estimate of drug-likeness (QED) is 0.147. The van der Waals surface area contributed by atoms with Gasteiger partial charge in [-0.1, -0.05) is 212 Å². The van der Waals surface area contributed by atoms with E-state index in [4.69, 9.17) is 0 Å². The maximum absolute atomic E-state index is 2.63. The Hall–Kier alpha value is -7.08. The Morgan fingerprint density at radius 1 is 0.234 bits per heavy atom. The normalized spacial score (nSPS) is 13.0. The van der Waals surface area contributed by atoms with Crippen LogP contribution < -0.4 is 25.6 Å². The number of hydrogen-bond donors (Lipinski definition) is 0. The van der Waals surface area contributed by atoms with Crippen LogP contribution in [0.2, 0.25) is 0 Å². The summed E-state index contributed by atoms with van der Waals surface area (Å²) in [7, 11) is -2.63. The molecule has 0 fully saturated rings. The Bertz CT molecular complexity index is 3210. The molecule has 0 bridgehead atoms. The van der Waals surface area contributed by atoms with Crippen molar-refractivity contribution in [1.82, 2.24) is 0 Å². The predicted octanol–water partition coefficient (Wildman–Crippen LogP) is 14.1. The van der Waals surface area contributed by atoms with E-state index in [1.807, 2.05) is 23.5 Å². The molecule has 12 rings (SSSR count). The van der Waals surface area contributed by atoms with Crippen LogP contribution in [0.5, 0.6) is 0 Å². The van der Waals surface area contributed by atoms with Gasteiger partial charge in [-0.25, -0.2) is 0 Å². The molecule has 0 atom stereocenters. The molecular formula is C60H41NS2Si. The number of nitrogens with zero attached hydrogens (tertiary/aromatic N) is 1. The van der Waals surface area contributed by atoms with Crippen LogP contribution in [0.1, 0.15) is 0 Å². The second-order valence-electron chi connectivity index (χ2n) is 16.4. The van der Waals surface area contributed by atoms with Crippen LogP contribution in [0.25, 0.3) is 44.5 Å². The first-order chi connectivity index (χ1) is 31.7. The number of hydrogen-bond acceptors (Lipinski definition) is 3. The molecule has 4 heteroatoms. The highest BCUT2D eigenvalue weighted by Gasteiger charge is 2.51. The summed E-state index contributed by atoms with van der Waals surface area (Å²) in [6.45, 7) is 0. The first-order valence-electron chi connectivity index (χ1n) is 21.8. The van der Waals surface area contributed by atoms with Crippen molar-refractivity contribution in [1.29, 1.82) is 0 Å². The molecule has 1 nitrogen and oxygen atoms in total. The summed E-state index contributed by atoms with van der Waals surface area (Å²) in [5.74, 6) is 0. The Morgan fingerprint density at radius 2 is 0.578 bits per heavy atom. The average molecular weight is 868 g/mol. The number of fused-ring (bicyclic) bond motifs is 8. The van der Waals surface area contributed by atoms with Crippen LogP contribution in [0.4, 0.5) is 17.1 Å². The van der Waals surface area contributed by atoms with E-state index < -0.39 is 8.07 Å². The lowest BCUT2D eigenvalue weighted by Gasteiger charge is -2.43. The molecule has 0 aromatic heterocycles. The van der Waals surface area contributed by atoms with Crippen molar-refractivity contribution in [2.45, 2.75) is 19.6 Å². The van der Waals surface area contributed by atoms with Crippen LogP contribution in [-0.2, 0) is 0 Å². The maximum Gasteiger partial charge on any atom is 0.184 e. The minimum Gasteiger partial charge on any atom is -0.310 e. The molecule has 0 aliphatic carbocycles. The molecular weight excluding hydrogens is 827 g/mol. The molecule has 2 heterocycles. The molecule has 64 heavy (non-hydrogen) atoms. The Labute approximate surface area is 384 Å². The van der Waals surface area contributed by atoms with Crippen LogP contribution in [0.15, 0.2) is 268 Å². The maximum atomic E-state index is 2.53. The largest absolute Gasteiger partial charge is 0.310 e. The van der Waals surface area contributed by atoms with E-state index in [1.54, 1.807) is 0 Å². The Kier molecular flexibility index (Phi) is 9.79. The van der Waals surface area contributed by atoms with Crippen molar-refractivity contribution < 1.29 is 0 Å². The van der Waals surface area contributed by atoms with Crippen molar-refractivity contribution >= 4 is 69.4 Å². The van der Waals surface area contributed by atoms with Crippen molar-refractivity contribution in [2.24, 2.45) is 0 Å². The summed E-state index contributed by atoms with van der Waals surface area (Å²) >= 11 is 3.85. The van der Waals surface area contributed by atoms with Gasteiger partial charge in [0, 0.05) is 36.6 Å². The first kappa shape index (κ1) is 38.6. The fraction of sp³-hybridized carbons (Fsp3) is 0. The van der Waals surface area contributed by atoms with Crippen LogP contribution in [-0.4, -0.2) is 8.07 Å². The first-order valence-corrected chi connectivity index (χ1v) is 25.4. The van der Waals surface area contributed by atoms with Crippen molar-refractivity contribution in [3.05, 3.63) is 249 Å². The van der Waals surface area contributed by atoms with Crippen LogP contribution in [0.3, 0.4) is 0 Å². The van der Waals surface area contributed by atoms with Crippen molar-refractivity contribution in [2.75, 3.05) is 4.90 Å². The van der Waals surface area contributed by atoms with E-state index in [0.29, 0.717) is 0 Å². The third-order valence-corrected chi connectivity index (χ3v) is 20.8. The standard InChI is InChI=1S/C60H41NS2Si/c1-3-14-42(15-4-1)43-26-28-44(29-27-43)45-34-37-51(38-35-45)61(50-17-5-2-6-18-50)52-19-13-16-48(40-52)46-30-32-47(33-31-46)49-36-39-56-60(41-49)64(59-25-12-9-22-55(59)63-56)57-23-10-7-20-53(57)62-54-21-8-11-24-58(54)64/h1-41H. The number of rotatable bonds is 7. The topological polar surface area (TPSA) is 3.24 Å². The van der Waals surface area contributed by atoms with Gasteiger partial charge in [-0.2, -0.15) is 0 Å². The fourth-order valence-corrected chi connectivity index (χ4v) is 19.0. The molecule has 2 aliphatic heterocycles. The highest BCUT2D eigenvalue weighted by atomic mass is 32.2. The third kappa shape index (κ3) is 6.65. The summed E-state index contributed by atoms with van der Waals surface area (Å²) in [6.07, 6.45) is 0. The predicted molar refractivity (Wildman–Crippen MR) is 275 cm³/mol. The molecule has 0 saturated heterocycles. The third-order valence-electron chi connectivity index (χ3n) is 12.8. The molecule has 0 unspecified atom stereocenters. The number of para-hydroxylation sites is 1. The highest BCUT2D eigenvalue weighted by Crippen LogP contribution is 2.41. The van der Waals surface area contributed by atoms with Gasteiger partial charge in [0.05, 0.1) is 0 Å². The minimum atomic E-state index is -2.63. The lowest BCUT2D eigenvalue weighted by atomic mass is 9.99. The molecule has 10 aromatic rings. The van der Waals surface area contributed by atoms with Gasteiger partial charge >= 0.3 is 0 Å². The van der Waals surface area contributed by atoms with E-state index in [2.05, 4.69) is 254 Å². The van der Waals surface area contributed by atoms with E-state index in [1.165, 1.54) is 84.8 Å². The van der Waals surface area contributed by atoms with Gasteiger partial charge in [-0.3, -0.25) is 0 Å². The fourth-order valence-electron chi connectivity index (χ4n) is 9.79. The smallest absolute Gasteiger partial charge is 0.184 e. The van der Waals surface area contributed by atoms with Crippen LogP contribution >= 0.6 is 23.5 Å². The summed E-state index contributed by atoms with van der Waals surface area (Å²) in [5.41, 5.74) is 13.0. The zero-order chi connectivity index (χ0) is 42.5. The SMILES string of the molecule is c1ccc(-c2ccc(-c3ccc(N(c4ccccc4)c4cccc(-c5ccc(-c6ccc7c(c6)[Si]6(c8ccccc8Sc8ccccc86)c6ccccc6S7)cc5)c4)cc3)cc2)cc1. The van der Waals surface area contributed by atoms with Crippen molar-refractivity contribution in [3.8, 4) is 44.5 Å². The van der Waals surface area contributed by atoms with Gasteiger partial charge < -0.3 is 4.90 Å². The lowest BCUT2D eigenvalue weighted by molar-refractivity contribution is 1.28. The lowest BCUT2D eigenvalue weighted by Crippen LogP contribution is -2.78. The Morgan fingerprint density at radius 3 is 1.11 bits per heavy atom. The average Bonchev–Trinajstić information content (AvgIpc) is 3.37. The van der Waals surface area contributed by atoms with Gasteiger partial charge in [-0.15, -0.1) is 0 Å². The van der Waals surface area contributed by atoms with Crippen molar-refractivity contribution in [3.63, 3.8) is 0 Å². The van der Waals surface area contributed by atoms with Crippen LogP contribution in [0, 0.1) is 0 Å². The van der Waals surface area contributed by atoms with E-state index in [0.717, 1.165) is 17.1 Å². The molecule has 302 valence electrons. The monoisotopic (exact) mass is 867 g/mol. The molecule has 1 spiro atoms. The minimum absolute atomic E-state index is 1.11. The molecule has 10 aromatic carbocycles. The summed E-state index contributed by atoms with van der Waals surface area (Å²) in [6, 6.07) is 91.9. The molecule has 0 N–H and O–H groups in total. The zero-order valence-electron chi connectivity index (χ0n) is 34.9. The highest BCUT2D eigenvalue weighted by molar-refractivity contribution is 8.01. The van der Waals surface area contributed by atoms with Gasteiger partial charge in [0.15, 0.2) is 8.07 Å². The zero-order valence-corrected chi connectivity index (χ0v) is 37.6. The van der Waals surface area contributed by atoms with Gasteiger partial charge in [0.25, 0.3) is 0 Å². The van der Waals surface area contributed by atoms with E-state index >= 15 is 0 Å². The van der Waals surface area contributed by atoms with E-state index in [9.17, 15) is 0 Å². The molecule has 2 aliphatic rings. The van der Waals surface area contributed by atoms with Gasteiger partial charge in [0.1, 0.15) is 0 Å². The summed E-state index contributed by atoms with van der Waals surface area (Å²) in [5, 5.41) is 5.97. The second-order valence-corrected chi connectivity index (χ2v) is 22.3. The molecule has 0 amide bonds. The van der Waals surface area contributed by atoms with Gasteiger partial charge in [0.2, 0.25) is 0 Å². The summed E-state index contributed by atoms with van der Waals surface area (Å²) in [4.78, 5) is 7.86. The molecule has 0 radical (unpaired) electrons. The van der Waals surface area contributed by atoms with E-state index in [-0.39, 0.29) is 0 Å². The number of benzene rings is 10.